The Morgan fingerprint density at radius 1 is 0.556 bits per heavy atom. The molecule has 90 valence electrons. The summed E-state index contributed by atoms with van der Waals surface area (Å²) in [5, 5.41) is 26.0. The minimum atomic E-state index is -1.28. The van der Waals surface area contributed by atoms with E-state index in [0.29, 0.717) is 0 Å². The zero-order valence-electron chi connectivity index (χ0n) is 11.8. The van der Waals surface area contributed by atoms with Crippen LogP contribution in [0.15, 0.2) is 0 Å². The largest absolute Gasteiger partial charge is 0.451 e. The van der Waals surface area contributed by atoms with Gasteiger partial charge in [-0.1, -0.05) is 0 Å². The molecule has 0 bridgehead atoms. The van der Waals surface area contributed by atoms with E-state index in [2.05, 4.69) is 0 Å². The molecule has 0 unspecified atom stereocenters. The quantitative estimate of drug-likeness (QED) is 0.427. The van der Waals surface area contributed by atoms with E-state index in [4.69, 9.17) is 13.7 Å². The van der Waals surface area contributed by atoms with E-state index in [1.165, 1.54) is 47.1 Å². The van der Waals surface area contributed by atoms with Crippen molar-refractivity contribution in [1.29, 1.82) is 0 Å². The molecule has 0 saturated carbocycles. The van der Waals surface area contributed by atoms with Crippen molar-refractivity contribution in [2.75, 3.05) is 0 Å². The molecule has 0 aromatic carbocycles. The third-order valence-corrected chi connectivity index (χ3v) is 2.47. The number of aliphatic hydroxyl groups is 3. The summed E-state index contributed by atoms with van der Waals surface area (Å²) in [6, 6.07) is 0. The highest BCUT2D eigenvalue weighted by atomic mass is 16.7. The summed E-state index contributed by atoms with van der Waals surface area (Å²) in [6.07, 6.45) is 0. The molecule has 1 fully saturated rings. The van der Waals surface area contributed by atoms with Gasteiger partial charge in [0, 0.05) is 15.9 Å². The van der Waals surface area contributed by atoms with Crippen molar-refractivity contribution in [3.8, 4) is 0 Å². The molecule has 6 nitrogen and oxygen atoms in total. The molecule has 0 radical (unpaired) electrons. The van der Waals surface area contributed by atoms with E-state index in [1.807, 2.05) is 0 Å². The van der Waals surface area contributed by atoms with E-state index in [-0.39, 0.29) is 0 Å². The summed E-state index contributed by atoms with van der Waals surface area (Å²) >= 11 is 0. The van der Waals surface area contributed by atoms with E-state index < -0.39 is 37.3 Å². The Labute approximate surface area is 114 Å². The van der Waals surface area contributed by atoms with E-state index >= 15 is 0 Å². The van der Waals surface area contributed by atoms with Crippen LogP contribution in [0.1, 0.15) is 0 Å². The maximum Gasteiger partial charge on any atom is 0.445 e. The fourth-order valence-electron chi connectivity index (χ4n) is 1.43. The van der Waals surface area contributed by atoms with Crippen LogP contribution in [0.5, 0.6) is 0 Å². The minimum Gasteiger partial charge on any atom is -0.451 e. The number of hydrogen-bond donors (Lipinski definition) is 3. The SMILES string of the molecule is BC(B)(O)B1OB(C(B)(B)O)OB(C(B)(B)O)O1. The van der Waals surface area contributed by atoms with Crippen molar-refractivity contribution < 1.29 is 29.0 Å². The smallest absolute Gasteiger partial charge is 0.445 e. The summed E-state index contributed by atoms with van der Waals surface area (Å²) in [4.78, 5) is 0. The zero-order valence-corrected chi connectivity index (χ0v) is 11.8. The molecule has 0 spiro atoms. The standard InChI is InChI=1S/C3H15B9O6/c4-1(5,13)10-16-11(2(6,7)14)18-12(17-10)3(8,9)15/h13-15H,4-9H2. The first-order valence-electron chi connectivity index (χ1n) is 5.95. The molecule has 0 amide bonds. The van der Waals surface area contributed by atoms with Crippen LogP contribution in [0.25, 0.3) is 0 Å². The van der Waals surface area contributed by atoms with E-state index in [9.17, 15) is 15.3 Å². The van der Waals surface area contributed by atoms with Crippen LogP contribution < -0.4 is 0 Å². The molecule has 15 heteroatoms. The topological polar surface area (TPSA) is 88.4 Å². The van der Waals surface area contributed by atoms with Crippen molar-refractivity contribution in [3.05, 3.63) is 0 Å². The molecule has 0 aromatic heterocycles. The molecule has 1 aliphatic heterocycles. The van der Waals surface area contributed by atoms with Crippen LogP contribution in [-0.4, -0.2) is 99.6 Å². The average molecular weight is 244 g/mol. The van der Waals surface area contributed by atoms with Crippen LogP contribution >= 0.6 is 0 Å². The van der Waals surface area contributed by atoms with Gasteiger partial charge in [0.15, 0.2) is 0 Å². The predicted molar refractivity (Wildman–Crippen MR) is 86.6 cm³/mol. The monoisotopic (exact) mass is 246 g/mol. The highest BCUT2D eigenvalue weighted by Gasteiger charge is 2.55. The zero-order chi connectivity index (χ0) is 14.4. The van der Waals surface area contributed by atoms with Crippen LogP contribution in [0.2, 0.25) is 0 Å². The minimum absolute atomic E-state index is 1.00. The molecule has 3 N–H and O–H groups in total. The molecule has 0 aliphatic carbocycles. The van der Waals surface area contributed by atoms with Gasteiger partial charge in [-0.25, -0.2) is 0 Å². The van der Waals surface area contributed by atoms with Gasteiger partial charge in [-0.3, -0.25) is 0 Å². The van der Waals surface area contributed by atoms with Gasteiger partial charge in [0.2, 0.25) is 0 Å². The second kappa shape index (κ2) is 5.03. The van der Waals surface area contributed by atoms with Gasteiger partial charge in [0.1, 0.15) is 47.1 Å². The van der Waals surface area contributed by atoms with E-state index in [1.54, 1.807) is 0 Å². The second-order valence-electron chi connectivity index (χ2n) is 6.37. The summed E-state index contributed by atoms with van der Waals surface area (Å²) in [6.45, 7) is 0. The Bertz CT molecular complexity index is 239. The Morgan fingerprint density at radius 3 is 0.833 bits per heavy atom. The molecule has 1 heterocycles. The summed E-state index contributed by atoms with van der Waals surface area (Å²) in [7, 11) is 6.12. The van der Waals surface area contributed by atoms with Gasteiger partial charge in [-0.05, 0) is 0 Å². The maximum absolute atomic E-state index is 9.94. The Kier molecular flexibility index (Phi) is 4.58. The molecular weight excluding hydrogens is 229 g/mol. The van der Waals surface area contributed by atoms with Gasteiger partial charge in [0.05, 0.1) is 0 Å². The first-order chi connectivity index (χ1) is 7.82. The molecule has 1 aliphatic rings. The van der Waals surface area contributed by atoms with Crippen LogP contribution in [-0.2, 0) is 13.7 Å². The Hall–Kier alpha value is 0.344. The van der Waals surface area contributed by atoms with E-state index in [0.717, 1.165) is 0 Å². The van der Waals surface area contributed by atoms with Crippen molar-refractivity contribution in [2.45, 2.75) is 15.9 Å². The van der Waals surface area contributed by atoms with Gasteiger partial charge < -0.3 is 29.0 Å². The summed E-state index contributed by atoms with van der Waals surface area (Å²) in [5.74, 6) is 0. The fourth-order valence-corrected chi connectivity index (χ4v) is 1.43. The summed E-state index contributed by atoms with van der Waals surface area (Å²) < 4.78 is 16.2. The molecule has 18 heavy (non-hydrogen) atoms. The van der Waals surface area contributed by atoms with Crippen LogP contribution in [0.4, 0.5) is 0 Å². The Balaban J connectivity index is 2.93. The number of hydrogen-bond acceptors (Lipinski definition) is 6. The fraction of sp³-hybridized carbons (Fsp3) is 1.00. The molecule has 1 saturated heterocycles. The normalized spacial score (nSPS) is 19.2. The van der Waals surface area contributed by atoms with Gasteiger partial charge in [-0.15, -0.1) is 0 Å². The second-order valence-corrected chi connectivity index (χ2v) is 6.37. The first kappa shape index (κ1) is 16.4. The molecule has 1 rings (SSSR count). The lowest BCUT2D eigenvalue weighted by atomic mass is 9.35. The highest BCUT2D eigenvalue weighted by molar-refractivity contribution is 6.90. The average Bonchev–Trinajstić information content (AvgIpc) is 2.13. The first-order valence-corrected chi connectivity index (χ1v) is 5.95. The number of rotatable bonds is 3. The molecule has 0 atom stereocenters. The maximum atomic E-state index is 9.94. The van der Waals surface area contributed by atoms with Gasteiger partial charge in [-0.2, -0.15) is 0 Å². The summed E-state index contributed by atoms with van der Waals surface area (Å²) in [5.41, 5.74) is 0. The molecule has 0 aromatic rings. The lowest BCUT2D eigenvalue weighted by Gasteiger charge is -2.42. The predicted octanol–water partition coefficient (Wildman–Crippen LogP) is -9.13. The van der Waals surface area contributed by atoms with Crippen molar-refractivity contribution in [2.24, 2.45) is 0 Å². The third-order valence-electron chi connectivity index (χ3n) is 2.47. The van der Waals surface area contributed by atoms with Gasteiger partial charge >= 0.3 is 21.4 Å². The van der Waals surface area contributed by atoms with Gasteiger partial charge in [0.25, 0.3) is 0 Å². The van der Waals surface area contributed by atoms with Crippen molar-refractivity contribution >= 4 is 68.4 Å². The van der Waals surface area contributed by atoms with Crippen molar-refractivity contribution in [3.63, 3.8) is 0 Å². The lowest BCUT2D eigenvalue weighted by Crippen LogP contribution is -2.71. The third kappa shape index (κ3) is 4.18. The highest BCUT2D eigenvalue weighted by Crippen LogP contribution is 2.21. The van der Waals surface area contributed by atoms with Crippen molar-refractivity contribution in [1.82, 2.24) is 0 Å². The molecular formula is C3H15B9O6. The van der Waals surface area contributed by atoms with Crippen LogP contribution in [0, 0.1) is 0 Å². The lowest BCUT2D eigenvalue weighted by molar-refractivity contribution is 0.148. The van der Waals surface area contributed by atoms with Crippen LogP contribution in [0.3, 0.4) is 0 Å². The Morgan fingerprint density at radius 2 is 0.722 bits per heavy atom.